The maximum atomic E-state index is 14.9. The highest BCUT2D eigenvalue weighted by atomic mass is 32.1. The quantitative estimate of drug-likeness (QED) is 0.152. The van der Waals surface area contributed by atoms with Gasteiger partial charge < -0.3 is 25.0 Å². The normalized spacial score (nSPS) is 19.6. The number of phenolic OH excluding ortho intramolecular Hbond substituents is 1. The summed E-state index contributed by atoms with van der Waals surface area (Å²) in [5.41, 5.74) is 4.01. The summed E-state index contributed by atoms with van der Waals surface area (Å²) in [6, 6.07) is 7.41. The van der Waals surface area contributed by atoms with Gasteiger partial charge in [0.2, 0.25) is 0 Å². The molecule has 1 saturated carbocycles. The second kappa shape index (κ2) is 13.5. The van der Waals surface area contributed by atoms with Crippen molar-refractivity contribution in [3.05, 3.63) is 47.4 Å². The highest BCUT2D eigenvalue weighted by molar-refractivity contribution is 7.80. The maximum absolute atomic E-state index is 14.9. The molecule has 2 aliphatic heterocycles. The molecule has 3 aliphatic rings. The summed E-state index contributed by atoms with van der Waals surface area (Å²) < 4.78 is 21.3. The Kier molecular flexibility index (Phi) is 9.52. The van der Waals surface area contributed by atoms with Crippen molar-refractivity contribution < 1.29 is 14.2 Å². The van der Waals surface area contributed by atoms with Crippen molar-refractivity contribution in [2.75, 3.05) is 45.2 Å². The minimum atomic E-state index is -0.478. The molecule has 47 heavy (non-hydrogen) atoms. The summed E-state index contributed by atoms with van der Waals surface area (Å²) in [6.45, 7) is 9.33. The van der Waals surface area contributed by atoms with E-state index in [0.29, 0.717) is 58.2 Å². The number of aromatic hydroxyl groups is 1. The first-order chi connectivity index (χ1) is 22.5. The third-order valence-electron chi connectivity index (χ3n) is 9.25. The van der Waals surface area contributed by atoms with Gasteiger partial charge in [-0.3, -0.25) is 4.98 Å². The molecule has 0 radical (unpaired) electrons. The van der Waals surface area contributed by atoms with Crippen LogP contribution in [0.4, 0.5) is 10.2 Å². The van der Waals surface area contributed by atoms with E-state index in [4.69, 9.17) is 26.1 Å². The van der Waals surface area contributed by atoms with E-state index >= 15 is 0 Å². The van der Waals surface area contributed by atoms with Crippen LogP contribution in [0.25, 0.3) is 32.9 Å². The number of anilines is 1. The minimum absolute atomic E-state index is 0.0681. The van der Waals surface area contributed by atoms with Crippen LogP contribution < -0.4 is 15.0 Å². The molecular formula is C37H45FN6O2S. The fourth-order valence-corrected chi connectivity index (χ4v) is 7.12. The Labute approximate surface area is 282 Å². The van der Waals surface area contributed by atoms with Gasteiger partial charge in [-0.15, -0.1) is 6.42 Å². The molecular weight excluding hydrogens is 612 g/mol. The average molecular weight is 657 g/mol. The second-order valence-corrected chi connectivity index (χ2v) is 14.9. The van der Waals surface area contributed by atoms with Gasteiger partial charge >= 0.3 is 6.01 Å². The molecule has 2 aromatic carbocycles. The van der Waals surface area contributed by atoms with Crippen molar-refractivity contribution in [2.45, 2.75) is 70.2 Å². The number of aromatic nitrogens is 3. The molecule has 4 heterocycles. The van der Waals surface area contributed by atoms with E-state index < -0.39 is 5.82 Å². The number of aryl methyl sites for hydroxylation is 1. The zero-order valence-corrected chi connectivity index (χ0v) is 28.9. The molecule has 8 nitrogen and oxygen atoms in total. The average Bonchev–Trinajstić information content (AvgIpc) is 3.71. The molecule has 4 aromatic rings. The number of phenols is 1. The number of nitrogens with one attached hydrogen (secondary N) is 1. The number of terminal acetylenes is 1. The lowest BCUT2D eigenvalue weighted by Gasteiger charge is -2.34. The Morgan fingerprint density at radius 1 is 1.15 bits per heavy atom. The molecule has 248 valence electrons. The second-order valence-electron chi connectivity index (χ2n) is 13.9. The Bertz CT molecular complexity index is 1820. The Hall–Kier alpha value is -3.65. The standard InChI is InChI=1S/C34H37FN6O2.C3H8S/c1-5-24-27(26-14-23(42)13-20-7-10-28(35)25(6-2)29(20)26)15-36-31-30(24)38-33(43-19-34(11-12-34)18-40(3)4)39-32(31)41-16-21-8-9-22(17-41)37-21;1-3(2)4/h2,7,10,13-15,21-22,37,42H,5,8-9,11-12,16-19H2,1,3-4H3;3-4H,1-2H3. The molecule has 2 N–H and O–H groups in total. The Balaban J connectivity index is 0.000000915. The molecule has 7 rings (SSSR count). The number of halogens is 1. The predicted molar refractivity (Wildman–Crippen MR) is 191 cm³/mol. The largest absolute Gasteiger partial charge is 0.508 e. The lowest BCUT2D eigenvalue weighted by atomic mass is 9.91. The van der Waals surface area contributed by atoms with Crippen molar-refractivity contribution in [1.82, 2.24) is 25.2 Å². The number of rotatable bonds is 8. The SMILES string of the molecule is C#Cc1c(F)ccc2cc(O)cc(-c3cnc4c(N5CC6CCC(C5)N6)nc(OCC5(CN(C)C)CC5)nc4c3CC)c12.CC(C)S. The first kappa shape index (κ1) is 33.3. The summed E-state index contributed by atoms with van der Waals surface area (Å²) in [5.74, 6) is 2.91. The number of thiol groups is 1. The highest BCUT2D eigenvalue weighted by Crippen LogP contribution is 2.46. The van der Waals surface area contributed by atoms with Gasteiger partial charge in [0.05, 0.1) is 12.2 Å². The molecule has 1 aliphatic carbocycles. The first-order valence-corrected chi connectivity index (χ1v) is 17.1. The van der Waals surface area contributed by atoms with Crippen LogP contribution in [0.2, 0.25) is 0 Å². The number of piperazine rings is 1. The number of hydrogen-bond acceptors (Lipinski definition) is 9. The monoisotopic (exact) mass is 656 g/mol. The van der Waals surface area contributed by atoms with Gasteiger partial charge in [-0.2, -0.15) is 22.6 Å². The van der Waals surface area contributed by atoms with Crippen LogP contribution in [0.1, 0.15) is 57.6 Å². The zero-order chi connectivity index (χ0) is 33.5. The van der Waals surface area contributed by atoms with E-state index in [1.807, 2.05) is 13.8 Å². The molecule has 0 spiro atoms. The Morgan fingerprint density at radius 2 is 1.85 bits per heavy atom. The third-order valence-corrected chi connectivity index (χ3v) is 9.25. The summed E-state index contributed by atoms with van der Waals surface area (Å²) in [4.78, 5) is 19.5. The van der Waals surface area contributed by atoms with Crippen LogP contribution in [0, 0.1) is 23.6 Å². The minimum Gasteiger partial charge on any atom is -0.508 e. The van der Waals surface area contributed by atoms with E-state index in [9.17, 15) is 9.50 Å². The molecule has 2 atom stereocenters. The molecule has 2 aromatic heterocycles. The lowest BCUT2D eigenvalue weighted by Crippen LogP contribution is -2.51. The number of fused-ring (bicyclic) bond motifs is 4. The number of hydrogen-bond donors (Lipinski definition) is 3. The van der Waals surface area contributed by atoms with Gasteiger partial charge in [-0.1, -0.05) is 32.8 Å². The van der Waals surface area contributed by atoms with E-state index in [-0.39, 0.29) is 16.7 Å². The van der Waals surface area contributed by atoms with Gasteiger partial charge in [0.25, 0.3) is 0 Å². The fraction of sp³-hybridized carbons (Fsp3) is 0.486. The van der Waals surface area contributed by atoms with Crippen LogP contribution in [0.5, 0.6) is 11.8 Å². The number of ether oxygens (including phenoxy) is 1. The molecule has 10 heteroatoms. The summed E-state index contributed by atoms with van der Waals surface area (Å²) in [6.07, 6.45) is 12.8. The Morgan fingerprint density at radius 3 is 2.47 bits per heavy atom. The van der Waals surface area contributed by atoms with E-state index in [0.717, 1.165) is 67.8 Å². The summed E-state index contributed by atoms with van der Waals surface area (Å²) in [7, 11) is 4.18. The summed E-state index contributed by atoms with van der Waals surface area (Å²) in [5, 5.41) is 16.1. The molecule has 0 amide bonds. The van der Waals surface area contributed by atoms with Gasteiger partial charge in [-0.05, 0) is 86.2 Å². The van der Waals surface area contributed by atoms with Crippen molar-refractivity contribution in [3.8, 4) is 35.2 Å². The highest BCUT2D eigenvalue weighted by Gasteiger charge is 2.44. The van der Waals surface area contributed by atoms with Gasteiger partial charge in [0.1, 0.15) is 22.6 Å². The van der Waals surface area contributed by atoms with Gasteiger partial charge in [0.15, 0.2) is 5.82 Å². The molecule has 2 unspecified atom stereocenters. The van der Waals surface area contributed by atoms with Gasteiger partial charge in [-0.25, -0.2) is 4.39 Å². The van der Waals surface area contributed by atoms with E-state index in [2.05, 4.69) is 54.7 Å². The van der Waals surface area contributed by atoms with E-state index in [1.165, 1.54) is 6.07 Å². The molecule has 3 fully saturated rings. The maximum Gasteiger partial charge on any atom is 0.319 e. The van der Waals surface area contributed by atoms with Crippen molar-refractivity contribution >= 4 is 40.3 Å². The number of benzene rings is 2. The van der Waals surface area contributed by atoms with Crippen molar-refractivity contribution in [2.24, 2.45) is 5.41 Å². The first-order valence-electron chi connectivity index (χ1n) is 16.6. The lowest BCUT2D eigenvalue weighted by molar-refractivity contribution is 0.183. The zero-order valence-electron chi connectivity index (χ0n) is 28.0. The van der Waals surface area contributed by atoms with Gasteiger partial charge in [0, 0.05) is 54.3 Å². The van der Waals surface area contributed by atoms with Crippen molar-refractivity contribution in [1.29, 1.82) is 0 Å². The van der Waals surface area contributed by atoms with Crippen LogP contribution in [0.3, 0.4) is 0 Å². The van der Waals surface area contributed by atoms with Crippen LogP contribution in [-0.4, -0.2) is 82.6 Å². The predicted octanol–water partition coefficient (Wildman–Crippen LogP) is 6.22. The van der Waals surface area contributed by atoms with E-state index in [1.54, 1.807) is 24.4 Å². The third kappa shape index (κ3) is 6.99. The molecule has 2 bridgehead atoms. The van der Waals surface area contributed by atoms with Crippen LogP contribution in [0.15, 0.2) is 30.5 Å². The van der Waals surface area contributed by atoms with Crippen LogP contribution in [-0.2, 0) is 6.42 Å². The molecule has 2 saturated heterocycles. The number of pyridine rings is 1. The van der Waals surface area contributed by atoms with Crippen LogP contribution >= 0.6 is 12.6 Å². The smallest absolute Gasteiger partial charge is 0.319 e. The topological polar surface area (TPSA) is 86.6 Å². The van der Waals surface area contributed by atoms with Crippen molar-refractivity contribution in [3.63, 3.8) is 0 Å². The fourth-order valence-electron chi connectivity index (χ4n) is 7.12. The number of nitrogens with zero attached hydrogens (tertiary/aromatic N) is 5. The summed E-state index contributed by atoms with van der Waals surface area (Å²) >= 11 is 3.97.